The van der Waals surface area contributed by atoms with Gasteiger partial charge in [-0.25, -0.2) is 0 Å². The molecule has 0 aromatic carbocycles. The molecule has 1 N–H and O–H groups in total. The first kappa shape index (κ1) is 13.7. The summed E-state index contributed by atoms with van der Waals surface area (Å²) in [6.45, 7) is 2.92. The maximum absolute atomic E-state index is 4.37. The monoisotopic (exact) mass is 287 g/mol. The molecule has 0 unspecified atom stereocenters. The molecule has 2 heterocycles. The molecule has 0 saturated heterocycles. The Morgan fingerprint density at radius 2 is 2.05 bits per heavy atom. The van der Waals surface area contributed by atoms with Crippen LogP contribution in [0.3, 0.4) is 0 Å². The molecule has 2 aromatic rings. The van der Waals surface area contributed by atoms with Gasteiger partial charge in [0.05, 0.1) is 5.69 Å². The van der Waals surface area contributed by atoms with Gasteiger partial charge in [-0.1, -0.05) is 6.07 Å². The van der Waals surface area contributed by atoms with Gasteiger partial charge in [0.1, 0.15) is 0 Å². The van der Waals surface area contributed by atoms with Gasteiger partial charge in [-0.15, -0.1) is 11.3 Å². The van der Waals surface area contributed by atoms with E-state index in [0.29, 0.717) is 0 Å². The zero-order valence-corrected chi connectivity index (χ0v) is 12.7. The highest BCUT2D eigenvalue weighted by atomic mass is 32.1. The number of hydrogen-bond acceptors (Lipinski definition) is 4. The summed E-state index contributed by atoms with van der Waals surface area (Å²) in [4.78, 5) is 9.55. The van der Waals surface area contributed by atoms with Crippen molar-refractivity contribution in [3.8, 4) is 0 Å². The molecule has 20 heavy (non-hydrogen) atoms. The van der Waals surface area contributed by atoms with Crippen molar-refractivity contribution in [2.45, 2.75) is 38.5 Å². The highest BCUT2D eigenvalue weighted by Crippen LogP contribution is 2.22. The van der Waals surface area contributed by atoms with Gasteiger partial charge in [0.25, 0.3) is 0 Å². The summed E-state index contributed by atoms with van der Waals surface area (Å²) in [7, 11) is 2.15. The Morgan fingerprint density at radius 1 is 1.20 bits per heavy atom. The molecule has 0 amide bonds. The fourth-order valence-electron chi connectivity index (χ4n) is 2.22. The van der Waals surface area contributed by atoms with Crippen molar-refractivity contribution in [3.63, 3.8) is 0 Å². The number of rotatable bonds is 7. The Labute approximate surface area is 124 Å². The Balaban J connectivity index is 1.49. The van der Waals surface area contributed by atoms with Gasteiger partial charge < -0.3 is 5.32 Å². The lowest BCUT2D eigenvalue weighted by Crippen LogP contribution is -2.17. The summed E-state index contributed by atoms with van der Waals surface area (Å²) in [5.74, 6) is 0. The zero-order valence-electron chi connectivity index (χ0n) is 11.9. The molecule has 0 atom stereocenters. The van der Waals surface area contributed by atoms with Gasteiger partial charge in [-0.05, 0) is 44.2 Å². The highest BCUT2D eigenvalue weighted by molar-refractivity contribution is 7.11. The standard InChI is InChI=1S/C16H21N3S/c1-19(11-14-4-2-3-9-17-14)12-16-8-7-15(20-16)10-18-13-5-6-13/h2-4,7-9,13,18H,5-6,10-12H2,1H3. The van der Waals surface area contributed by atoms with E-state index in [-0.39, 0.29) is 0 Å². The van der Waals surface area contributed by atoms with E-state index in [4.69, 9.17) is 0 Å². The zero-order chi connectivity index (χ0) is 13.8. The molecule has 0 bridgehead atoms. The topological polar surface area (TPSA) is 28.2 Å². The third-order valence-corrected chi connectivity index (χ3v) is 4.51. The minimum Gasteiger partial charge on any atom is -0.309 e. The van der Waals surface area contributed by atoms with Crippen LogP contribution in [-0.4, -0.2) is 23.0 Å². The van der Waals surface area contributed by atoms with E-state index < -0.39 is 0 Å². The second-order valence-electron chi connectivity index (χ2n) is 5.52. The quantitative estimate of drug-likeness (QED) is 0.848. The molecule has 3 nitrogen and oxygen atoms in total. The summed E-state index contributed by atoms with van der Waals surface area (Å²) < 4.78 is 0. The summed E-state index contributed by atoms with van der Waals surface area (Å²) in [5, 5.41) is 3.57. The van der Waals surface area contributed by atoms with E-state index in [0.717, 1.165) is 31.4 Å². The summed E-state index contributed by atoms with van der Waals surface area (Å²) in [6.07, 6.45) is 4.56. The van der Waals surface area contributed by atoms with Crippen molar-refractivity contribution in [2.75, 3.05) is 7.05 Å². The largest absolute Gasteiger partial charge is 0.309 e. The Morgan fingerprint density at radius 3 is 2.80 bits per heavy atom. The van der Waals surface area contributed by atoms with E-state index in [1.54, 1.807) is 0 Å². The maximum Gasteiger partial charge on any atom is 0.0543 e. The molecule has 4 heteroatoms. The molecule has 1 fully saturated rings. The van der Waals surface area contributed by atoms with Crippen LogP contribution < -0.4 is 5.32 Å². The van der Waals surface area contributed by atoms with E-state index in [1.807, 2.05) is 29.7 Å². The van der Waals surface area contributed by atoms with Crippen molar-refractivity contribution in [2.24, 2.45) is 0 Å². The van der Waals surface area contributed by atoms with Gasteiger partial charge in [0, 0.05) is 41.6 Å². The SMILES string of the molecule is CN(Cc1ccccn1)Cc1ccc(CNC2CC2)s1. The first-order valence-electron chi connectivity index (χ1n) is 7.19. The van der Waals surface area contributed by atoms with Crippen LogP contribution in [0, 0.1) is 0 Å². The van der Waals surface area contributed by atoms with Crippen LogP contribution in [0.25, 0.3) is 0 Å². The van der Waals surface area contributed by atoms with Crippen molar-refractivity contribution in [3.05, 3.63) is 52.0 Å². The second-order valence-corrected chi connectivity index (χ2v) is 6.77. The molecule has 0 spiro atoms. The summed E-state index contributed by atoms with van der Waals surface area (Å²) in [6, 6.07) is 11.4. The Hall–Kier alpha value is -1.23. The molecule has 3 rings (SSSR count). The molecule has 1 saturated carbocycles. The van der Waals surface area contributed by atoms with Crippen LogP contribution in [0.2, 0.25) is 0 Å². The molecular formula is C16H21N3S. The first-order chi connectivity index (χ1) is 9.79. The first-order valence-corrected chi connectivity index (χ1v) is 8.00. The fraction of sp³-hybridized carbons (Fsp3) is 0.438. The van der Waals surface area contributed by atoms with Crippen LogP contribution in [0.1, 0.15) is 28.3 Å². The minimum atomic E-state index is 0.785. The van der Waals surface area contributed by atoms with Gasteiger partial charge in [-0.2, -0.15) is 0 Å². The van der Waals surface area contributed by atoms with Crippen LogP contribution in [0.5, 0.6) is 0 Å². The lowest BCUT2D eigenvalue weighted by molar-refractivity contribution is 0.318. The third kappa shape index (κ3) is 4.13. The predicted octanol–water partition coefficient (Wildman–Crippen LogP) is 3.03. The van der Waals surface area contributed by atoms with E-state index in [1.165, 1.54) is 22.6 Å². The smallest absolute Gasteiger partial charge is 0.0543 e. The molecule has 106 valence electrons. The van der Waals surface area contributed by atoms with Crippen LogP contribution >= 0.6 is 11.3 Å². The number of nitrogens with one attached hydrogen (secondary N) is 1. The molecule has 0 aliphatic heterocycles. The number of nitrogens with zero attached hydrogens (tertiary/aromatic N) is 2. The van der Waals surface area contributed by atoms with E-state index in [2.05, 4.69) is 40.4 Å². The Bertz CT molecular complexity index is 534. The maximum atomic E-state index is 4.37. The van der Waals surface area contributed by atoms with Crippen LogP contribution in [0.4, 0.5) is 0 Å². The molecule has 2 aromatic heterocycles. The predicted molar refractivity (Wildman–Crippen MR) is 83.6 cm³/mol. The van der Waals surface area contributed by atoms with Gasteiger partial charge in [0.15, 0.2) is 0 Å². The number of thiophene rings is 1. The molecule has 0 radical (unpaired) electrons. The lowest BCUT2D eigenvalue weighted by Gasteiger charge is -2.14. The van der Waals surface area contributed by atoms with Crippen LogP contribution in [-0.2, 0) is 19.6 Å². The number of hydrogen-bond donors (Lipinski definition) is 1. The second kappa shape index (κ2) is 6.48. The molecule has 1 aliphatic carbocycles. The molecule has 1 aliphatic rings. The third-order valence-electron chi connectivity index (χ3n) is 3.44. The average molecular weight is 287 g/mol. The molecular weight excluding hydrogens is 266 g/mol. The minimum absolute atomic E-state index is 0.785. The van der Waals surface area contributed by atoms with Gasteiger partial charge >= 0.3 is 0 Å². The van der Waals surface area contributed by atoms with Crippen molar-refractivity contribution in [1.29, 1.82) is 0 Å². The summed E-state index contributed by atoms with van der Waals surface area (Å²) in [5.41, 5.74) is 1.13. The van der Waals surface area contributed by atoms with Gasteiger partial charge in [0.2, 0.25) is 0 Å². The number of pyridine rings is 1. The number of aromatic nitrogens is 1. The van der Waals surface area contributed by atoms with Crippen molar-refractivity contribution >= 4 is 11.3 Å². The van der Waals surface area contributed by atoms with Crippen molar-refractivity contribution in [1.82, 2.24) is 15.2 Å². The fourth-order valence-corrected chi connectivity index (χ4v) is 3.27. The normalized spacial score (nSPS) is 14.9. The van der Waals surface area contributed by atoms with Crippen molar-refractivity contribution < 1.29 is 0 Å². The summed E-state index contributed by atoms with van der Waals surface area (Å²) >= 11 is 1.92. The van der Waals surface area contributed by atoms with Crippen LogP contribution in [0.15, 0.2) is 36.5 Å². The Kier molecular flexibility index (Phi) is 4.45. The highest BCUT2D eigenvalue weighted by Gasteiger charge is 2.20. The van der Waals surface area contributed by atoms with E-state index in [9.17, 15) is 0 Å². The average Bonchev–Trinajstić information content (AvgIpc) is 3.18. The lowest BCUT2D eigenvalue weighted by atomic mass is 10.3. The van der Waals surface area contributed by atoms with E-state index >= 15 is 0 Å². The van der Waals surface area contributed by atoms with Gasteiger partial charge in [-0.3, -0.25) is 9.88 Å².